The van der Waals surface area contributed by atoms with Gasteiger partial charge in [0, 0.05) is 57.5 Å². The number of hydrogen-bond donors (Lipinski definition) is 2. The second-order valence-electron chi connectivity index (χ2n) is 22.1. The summed E-state index contributed by atoms with van der Waals surface area (Å²) in [6, 6.07) is 30.4. The van der Waals surface area contributed by atoms with Gasteiger partial charge in [0.1, 0.15) is 11.5 Å². The van der Waals surface area contributed by atoms with Crippen molar-refractivity contribution in [3.63, 3.8) is 0 Å². The van der Waals surface area contributed by atoms with Crippen LogP contribution in [0.5, 0.6) is 0 Å². The topological polar surface area (TPSA) is 81.1 Å². The molecular weight excluding hydrogens is 861 g/mol. The number of hydrogen-bond acceptors (Lipinski definition) is 6. The van der Waals surface area contributed by atoms with E-state index in [2.05, 4.69) is 178 Å². The molecule has 6 aliphatic rings. The van der Waals surface area contributed by atoms with Gasteiger partial charge >= 0.3 is 0 Å². The second-order valence-corrected chi connectivity index (χ2v) is 22.1. The molecule has 6 nitrogen and oxygen atoms in total. The van der Waals surface area contributed by atoms with E-state index in [-0.39, 0.29) is 33.9 Å². The number of carbonyl (C=O) groups is 2. The van der Waals surface area contributed by atoms with Crippen LogP contribution < -0.4 is 9.80 Å². The number of ketones is 2. The predicted molar refractivity (Wildman–Crippen MR) is 289 cm³/mol. The van der Waals surface area contributed by atoms with E-state index in [4.69, 9.17) is 0 Å². The zero-order chi connectivity index (χ0) is 49.7. The number of Topliss-reactive ketones (excluding diaryl/α,β-unsaturated/α-hetero) is 2. The predicted octanol–water partition coefficient (Wildman–Crippen LogP) is 14.9. The van der Waals surface area contributed by atoms with E-state index < -0.39 is 10.8 Å². The highest BCUT2D eigenvalue weighted by molar-refractivity contribution is 6.22. The molecule has 0 saturated carbocycles. The number of anilines is 2. The van der Waals surface area contributed by atoms with Crippen LogP contribution in [0, 0.1) is 0 Å². The molecule has 5 aromatic rings. The van der Waals surface area contributed by atoms with Crippen molar-refractivity contribution in [3.8, 4) is 0 Å². The molecule has 6 heteroatoms. The van der Waals surface area contributed by atoms with Crippen molar-refractivity contribution in [1.82, 2.24) is 0 Å². The van der Waals surface area contributed by atoms with Crippen LogP contribution in [0.1, 0.15) is 129 Å². The molecule has 11 rings (SSSR count). The monoisotopic (exact) mass is 924 g/mol. The van der Waals surface area contributed by atoms with Gasteiger partial charge in [0.05, 0.1) is 22.3 Å². The zero-order valence-corrected chi connectivity index (χ0v) is 42.8. The SMILES string of the molecule is CCC1=C(C=C2C(=O)C(C=C3N(CC)c4cc5c(cc4C3(C)C)N(CC)C(=CC3=C(O)C(=CC4=C(CC)c6ccc7ccccc7c6C4(C)C)C3=O)C5(C)C)=C2O)C(C)(C)c2c1ccc1ccccc21. The van der Waals surface area contributed by atoms with E-state index in [1.54, 1.807) is 0 Å². The first-order valence-electron chi connectivity index (χ1n) is 25.4. The van der Waals surface area contributed by atoms with Gasteiger partial charge in [-0.25, -0.2) is 0 Å². The van der Waals surface area contributed by atoms with Gasteiger partial charge in [-0.05, 0) is 140 Å². The van der Waals surface area contributed by atoms with Gasteiger partial charge < -0.3 is 20.0 Å². The molecule has 2 heterocycles. The normalized spacial score (nSPS) is 22.7. The van der Waals surface area contributed by atoms with E-state index in [1.165, 1.54) is 54.9 Å². The van der Waals surface area contributed by atoms with Crippen molar-refractivity contribution in [1.29, 1.82) is 0 Å². The highest BCUT2D eigenvalue weighted by Gasteiger charge is 2.49. The van der Waals surface area contributed by atoms with Crippen molar-refractivity contribution in [3.05, 3.63) is 199 Å². The van der Waals surface area contributed by atoms with Gasteiger partial charge in [0.25, 0.3) is 0 Å². The van der Waals surface area contributed by atoms with Crippen LogP contribution in [-0.2, 0) is 31.2 Å². The maximum absolute atomic E-state index is 14.3. The number of aliphatic hydroxyl groups is 2. The fourth-order valence-corrected chi connectivity index (χ4v) is 13.4. The van der Waals surface area contributed by atoms with E-state index in [0.29, 0.717) is 35.4 Å². The number of benzene rings is 5. The Morgan fingerprint density at radius 3 is 1.20 bits per heavy atom. The maximum Gasteiger partial charge on any atom is 0.200 e. The summed E-state index contributed by atoms with van der Waals surface area (Å²) in [6.07, 6.45) is 9.39. The van der Waals surface area contributed by atoms with Crippen molar-refractivity contribution >= 4 is 55.6 Å². The Balaban J connectivity index is 0.922. The fraction of sp³-hybridized carbons (Fsp3) is 0.312. The lowest BCUT2D eigenvalue weighted by Crippen LogP contribution is -2.30. The molecule has 0 unspecified atom stereocenters. The number of aliphatic hydroxyl groups excluding tert-OH is 2. The standard InChI is InChI=1S/C64H64N2O4/c1-13-37-41-27-25-35-21-17-19-23-39(35)55(41)63(9,10)47(37)29-43-57(67)45(58(43)68)31-53-61(5,6)49-33-52-50(34-51(49)65(53)15-3)62(7,8)54(66(52)16-4)32-46-59(69)44(60(46)70)30-48-38(14-2)42-28-26-36-22-18-20-24-40(36)56(42)64(48,11)12/h17-34,67,69H,13-16H2,1-12H3. The molecule has 0 spiro atoms. The number of allylic oxidation sites excluding steroid dienone is 14. The summed E-state index contributed by atoms with van der Waals surface area (Å²) < 4.78 is 0. The summed E-state index contributed by atoms with van der Waals surface area (Å²) >= 11 is 0. The Kier molecular flexibility index (Phi) is 9.94. The number of nitrogens with zero attached hydrogens (tertiary/aromatic N) is 2. The summed E-state index contributed by atoms with van der Waals surface area (Å²) in [4.78, 5) is 33.1. The van der Waals surface area contributed by atoms with Crippen molar-refractivity contribution < 1.29 is 19.8 Å². The Bertz CT molecular complexity index is 3300. The van der Waals surface area contributed by atoms with Crippen molar-refractivity contribution in [2.24, 2.45) is 0 Å². The van der Waals surface area contributed by atoms with Crippen LogP contribution in [0.25, 0.3) is 32.7 Å². The van der Waals surface area contributed by atoms with Crippen LogP contribution in [-0.4, -0.2) is 34.9 Å². The second kappa shape index (κ2) is 15.3. The number of likely N-dealkylation sites (N-methyl/N-ethyl adjacent to an activating group) is 2. The quantitative estimate of drug-likeness (QED) is 0.151. The molecule has 4 aliphatic carbocycles. The van der Waals surface area contributed by atoms with Gasteiger partial charge in [-0.2, -0.15) is 0 Å². The van der Waals surface area contributed by atoms with E-state index in [9.17, 15) is 19.8 Å². The molecule has 0 radical (unpaired) electrons. The van der Waals surface area contributed by atoms with Gasteiger partial charge in [0.15, 0.2) is 0 Å². The molecule has 0 aromatic heterocycles. The summed E-state index contributed by atoms with van der Waals surface area (Å²) in [7, 11) is 0. The molecule has 354 valence electrons. The largest absolute Gasteiger partial charge is 0.506 e. The molecular formula is C64H64N2O4. The molecule has 2 N–H and O–H groups in total. The first-order valence-corrected chi connectivity index (χ1v) is 25.4. The summed E-state index contributed by atoms with van der Waals surface area (Å²) in [6.45, 7) is 27.6. The average Bonchev–Trinajstić information content (AvgIpc) is 3.89. The summed E-state index contributed by atoms with van der Waals surface area (Å²) in [5, 5.41) is 28.4. The molecule has 70 heavy (non-hydrogen) atoms. The minimum Gasteiger partial charge on any atom is -0.506 e. The fourth-order valence-electron chi connectivity index (χ4n) is 13.4. The minimum absolute atomic E-state index is 0.0461. The third-order valence-electron chi connectivity index (χ3n) is 17.1. The van der Waals surface area contributed by atoms with E-state index >= 15 is 0 Å². The van der Waals surface area contributed by atoms with Crippen molar-refractivity contribution in [2.45, 2.75) is 118 Å². The van der Waals surface area contributed by atoms with Crippen LogP contribution in [0.3, 0.4) is 0 Å². The maximum atomic E-state index is 14.3. The minimum atomic E-state index is -0.506. The Morgan fingerprint density at radius 2 is 0.857 bits per heavy atom. The van der Waals surface area contributed by atoms with Gasteiger partial charge in [-0.1, -0.05) is 142 Å². The van der Waals surface area contributed by atoms with Crippen molar-refractivity contribution in [2.75, 3.05) is 22.9 Å². The lowest BCUT2D eigenvalue weighted by Gasteiger charge is -2.30. The van der Waals surface area contributed by atoms with Crippen LogP contribution >= 0.6 is 0 Å². The van der Waals surface area contributed by atoms with E-state index in [1.807, 2.05) is 24.3 Å². The highest BCUT2D eigenvalue weighted by Crippen LogP contribution is 2.58. The van der Waals surface area contributed by atoms with E-state index in [0.717, 1.165) is 57.9 Å². The molecule has 5 aromatic carbocycles. The third-order valence-corrected chi connectivity index (χ3v) is 17.1. The molecule has 0 bridgehead atoms. The molecule has 0 amide bonds. The lowest BCUT2D eigenvalue weighted by molar-refractivity contribution is -0.114. The average molecular weight is 925 g/mol. The van der Waals surface area contributed by atoms with Crippen LogP contribution in [0.4, 0.5) is 11.4 Å². The summed E-state index contributed by atoms with van der Waals surface area (Å²) in [5.41, 5.74) is 15.6. The Hall–Kier alpha value is -6.92. The first-order chi connectivity index (χ1) is 33.2. The zero-order valence-electron chi connectivity index (χ0n) is 42.8. The van der Waals surface area contributed by atoms with Gasteiger partial charge in [-0.3, -0.25) is 9.59 Å². The number of fused-ring (bicyclic) bond motifs is 8. The van der Waals surface area contributed by atoms with Gasteiger partial charge in [0.2, 0.25) is 11.6 Å². The van der Waals surface area contributed by atoms with Gasteiger partial charge in [-0.15, -0.1) is 0 Å². The van der Waals surface area contributed by atoms with Crippen LogP contribution in [0.2, 0.25) is 0 Å². The molecule has 0 fully saturated rings. The number of rotatable bonds is 8. The van der Waals surface area contributed by atoms with Crippen LogP contribution in [0.15, 0.2) is 166 Å². The number of carbonyl (C=O) groups excluding carboxylic acids is 2. The Labute approximate surface area is 413 Å². The Morgan fingerprint density at radius 1 is 0.486 bits per heavy atom. The third kappa shape index (κ3) is 5.91. The molecule has 0 atom stereocenters. The lowest BCUT2D eigenvalue weighted by atomic mass is 9.75. The molecule has 2 aliphatic heterocycles. The first kappa shape index (κ1) is 45.5. The smallest absolute Gasteiger partial charge is 0.200 e. The summed E-state index contributed by atoms with van der Waals surface area (Å²) in [5.74, 6) is -0.191. The highest BCUT2D eigenvalue weighted by atomic mass is 16.3. The molecule has 0 saturated heterocycles.